The topological polar surface area (TPSA) is 69.7 Å². The Balaban J connectivity index is 1.60. The molecule has 1 unspecified atom stereocenters. The van der Waals surface area contributed by atoms with Crippen LogP contribution in [-0.2, 0) is 14.8 Å². The Hall–Kier alpha value is -1.44. The molecular formula is C20H31N3O3S. The lowest BCUT2D eigenvalue weighted by Gasteiger charge is -2.28. The molecule has 0 radical (unpaired) electrons. The summed E-state index contributed by atoms with van der Waals surface area (Å²) in [5.41, 5.74) is 1.04. The third-order valence-corrected chi connectivity index (χ3v) is 7.69. The summed E-state index contributed by atoms with van der Waals surface area (Å²) in [7, 11) is -3.48. The normalized spacial score (nSPS) is 21.7. The van der Waals surface area contributed by atoms with Gasteiger partial charge in [0.05, 0.1) is 10.9 Å². The van der Waals surface area contributed by atoms with Crippen LogP contribution in [0.1, 0.15) is 44.6 Å². The molecular weight excluding hydrogens is 362 g/mol. The molecule has 0 spiro atoms. The summed E-state index contributed by atoms with van der Waals surface area (Å²) in [6.45, 7) is 6.08. The SMILES string of the molecule is Cc1ccc(S(=O)(=O)N2CCCN(C(C)C(=O)NC3CCCC3)CC2)cc1. The summed E-state index contributed by atoms with van der Waals surface area (Å²) in [5.74, 6) is 0.0664. The van der Waals surface area contributed by atoms with Crippen LogP contribution in [-0.4, -0.2) is 61.8 Å². The van der Waals surface area contributed by atoms with E-state index in [-0.39, 0.29) is 11.9 Å². The fourth-order valence-electron chi connectivity index (χ4n) is 3.96. The molecule has 3 rings (SSSR count). The van der Waals surface area contributed by atoms with E-state index in [9.17, 15) is 13.2 Å². The monoisotopic (exact) mass is 393 g/mol. The molecule has 1 heterocycles. The number of hydrogen-bond acceptors (Lipinski definition) is 4. The van der Waals surface area contributed by atoms with Crippen LogP contribution in [0, 0.1) is 6.92 Å². The molecule has 2 fully saturated rings. The molecule has 1 atom stereocenters. The molecule has 150 valence electrons. The first kappa shape index (κ1) is 20.3. The molecule has 1 aliphatic heterocycles. The Morgan fingerprint density at radius 3 is 2.37 bits per heavy atom. The summed E-state index contributed by atoms with van der Waals surface area (Å²) in [4.78, 5) is 15.0. The van der Waals surface area contributed by atoms with Gasteiger partial charge < -0.3 is 5.32 Å². The maximum Gasteiger partial charge on any atom is 0.243 e. The molecule has 27 heavy (non-hydrogen) atoms. The fraction of sp³-hybridized carbons (Fsp3) is 0.650. The highest BCUT2D eigenvalue weighted by Gasteiger charge is 2.30. The van der Waals surface area contributed by atoms with E-state index in [0.717, 1.165) is 31.4 Å². The van der Waals surface area contributed by atoms with Crippen molar-refractivity contribution in [3.05, 3.63) is 29.8 Å². The smallest absolute Gasteiger partial charge is 0.243 e. The molecule has 7 heteroatoms. The number of carbonyl (C=O) groups excluding carboxylic acids is 1. The average molecular weight is 394 g/mol. The standard InChI is InChI=1S/C20H31N3O3S/c1-16-8-10-19(11-9-16)27(25,26)23-13-5-12-22(14-15-23)17(2)20(24)21-18-6-3-4-7-18/h8-11,17-18H,3-7,12-15H2,1-2H3,(H,21,24). The number of nitrogens with one attached hydrogen (secondary N) is 1. The lowest BCUT2D eigenvalue weighted by Crippen LogP contribution is -2.48. The molecule has 0 aromatic heterocycles. The number of benzene rings is 1. The van der Waals surface area contributed by atoms with E-state index in [0.29, 0.717) is 30.6 Å². The Kier molecular flexibility index (Phi) is 6.55. The zero-order valence-corrected chi connectivity index (χ0v) is 17.2. The van der Waals surface area contributed by atoms with E-state index in [1.54, 1.807) is 16.4 Å². The van der Waals surface area contributed by atoms with Crippen molar-refractivity contribution in [1.82, 2.24) is 14.5 Å². The number of sulfonamides is 1. The molecule has 1 aromatic rings. The third kappa shape index (κ3) is 4.89. The summed E-state index contributed by atoms with van der Waals surface area (Å²) in [6, 6.07) is 7.08. The molecule has 6 nitrogen and oxygen atoms in total. The first-order chi connectivity index (χ1) is 12.9. The van der Waals surface area contributed by atoms with Gasteiger partial charge in [0.2, 0.25) is 15.9 Å². The zero-order valence-electron chi connectivity index (χ0n) is 16.4. The number of carbonyl (C=O) groups is 1. The number of nitrogens with zero attached hydrogens (tertiary/aromatic N) is 2. The van der Waals surface area contributed by atoms with E-state index in [2.05, 4.69) is 10.2 Å². The molecule has 0 bridgehead atoms. The Morgan fingerprint density at radius 2 is 1.70 bits per heavy atom. The van der Waals surface area contributed by atoms with Crippen molar-refractivity contribution in [1.29, 1.82) is 0 Å². The summed E-state index contributed by atoms with van der Waals surface area (Å²) in [5, 5.41) is 3.16. The van der Waals surface area contributed by atoms with E-state index in [4.69, 9.17) is 0 Å². The lowest BCUT2D eigenvalue weighted by molar-refractivity contribution is -0.126. The second-order valence-electron chi connectivity index (χ2n) is 7.77. The maximum absolute atomic E-state index is 12.9. The predicted octanol–water partition coefficient (Wildman–Crippen LogP) is 2.14. The Bertz CT molecular complexity index is 742. The van der Waals surface area contributed by atoms with Crippen molar-refractivity contribution >= 4 is 15.9 Å². The highest BCUT2D eigenvalue weighted by molar-refractivity contribution is 7.89. The van der Waals surface area contributed by atoms with Gasteiger partial charge in [-0.1, -0.05) is 30.5 Å². The number of amides is 1. The van der Waals surface area contributed by atoms with Gasteiger partial charge in [0.1, 0.15) is 0 Å². The van der Waals surface area contributed by atoms with Gasteiger partial charge in [-0.05, 0) is 45.2 Å². The van der Waals surface area contributed by atoms with Crippen LogP contribution in [0.5, 0.6) is 0 Å². The highest BCUT2D eigenvalue weighted by Crippen LogP contribution is 2.20. The lowest BCUT2D eigenvalue weighted by atomic mass is 10.2. The van der Waals surface area contributed by atoms with Crippen LogP contribution in [0.25, 0.3) is 0 Å². The maximum atomic E-state index is 12.9. The first-order valence-electron chi connectivity index (χ1n) is 9.99. The van der Waals surface area contributed by atoms with E-state index < -0.39 is 10.0 Å². The van der Waals surface area contributed by atoms with Crippen LogP contribution in [0.2, 0.25) is 0 Å². The van der Waals surface area contributed by atoms with E-state index in [1.807, 2.05) is 26.0 Å². The second-order valence-corrected chi connectivity index (χ2v) is 9.71. The van der Waals surface area contributed by atoms with Crippen LogP contribution in [0.15, 0.2) is 29.2 Å². The Morgan fingerprint density at radius 1 is 1.04 bits per heavy atom. The van der Waals surface area contributed by atoms with E-state index in [1.165, 1.54) is 12.8 Å². The van der Waals surface area contributed by atoms with Crippen LogP contribution < -0.4 is 5.32 Å². The minimum Gasteiger partial charge on any atom is -0.352 e. The van der Waals surface area contributed by atoms with Crippen molar-refractivity contribution in [2.45, 2.75) is 62.9 Å². The average Bonchev–Trinajstić information content (AvgIpc) is 3.02. The van der Waals surface area contributed by atoms with Crippen molar-refractivity contribution < 1.29 is 13.2 Å². The largest absolute Gasteiger partial charge is 0.352 e. The van der Waals surface area contributed by atoms with Gasteiger partial charge in [0.15, 0.2) is 0 Å². The quantitative estimate of drug-likeness (QED) is 0.832. The van der Waals surface area contributed by atoms with E-state index >= 15 is 0 Å². The minimum atomic E-state index is -3.48. The zero-order chi connectivity index (χ0) is 19.4. The van der Waals surface area contributed by atoms with Gasteiger partial charge in [-0.3, -0.25) is 9.69 Å². The van der Waals surface area contributed by atoms with Crippen LogP contribution >= 0.6 is 0 Å². The molecule has 1 amide bonds. The van der Waals surface area contributed by atoms with Gasteiger partial charge >= 0.3 is 0 Å². The molecule has 1 saturated heterocycles. The fourth-order valence-corrected chi connectivity index (χ4v) is 5.43. The van der Waals surface area contributed by atoms with Gasteiger partial charge in [-0.25, -0.2) is 8.42 Å². The van der Waals surface area contributed by atoms with Gasteiger partial charge in [0, 0.05) is 32.2 Å². The number of aryl methyl sites for hydroxylation is 1. The molecule has 1 aliphatic carbocycles. The molecule has 1 saturated carbocycles. The van der Waals surface area contributed by atoms with Gasteiger partial charge in [-0.15, -0.1) is 0 Å². The van der Waals surface area contributed by atoms with Crippen LogP contribution in [0.4, 0.5) is 0 Å². The summed E-state index contributed by atoms with van der Waals surface area (Å²) < 4.78 is 27.4. The van der Waals surface area contributed by atoms with Crippen molar-refractivity contribution in [3.63, 3.8) is 0 Å². The van der Waals surface area contributed by atoms with Crippen LogP contribution in [0.3, 0.4) is 0 Å². The first-order valence-corrected chi connectivity index (χ1v) is 11.4. The minimum absolute atomic E-state index is 0.0664. The third-order valence-electron chi connectivity index (χ3n) is 5.78. The number of rotatable bonds is 5. The van der Waals surface area contributed by atoms with Crippen molar-refractivity contribution in [2.24, 2.45) is 0 Å². The Labute approximate surface area is 163 Å². The van der Waals surface area contributed by atoms with Crippen molar-refractivity contribution in [2.75, 3.05) is 26.2 Å². The summed E-state index contributed by atoms with van der Waals surface area (Å²) >= 11 is 0. The molecule has 1 N–H and O–H groups in total. The molecule has 2 aliphatic rings. The van der Waals surface area contributed by atoms with Crippen molar-refractivity contribution in [3.8, 4) is 0 Å². The predicted molar refractivity (Wildman–Crippen MR) is 106 cm³/mol. The van der Waals surface area contributed by atoms with Gasteiger partial charge in [-0.2, -0.15) is 4.31 Å². The highest BCUT2D eigenvalue weighted by atomic mass is 32.2. The second kappa shape index (κ2) is 8.71. The summed E-state index contributed by atoms with van der Waals surface area (Å²) in [6.07, 6.45) is 5.25. The number of hydrogen-bond donors (Lipinski definition) is 1. The van der Waals surface area contributed by atoms with Gasteiger partial charge in [0.25, 0.3) is 0 Å². The molecule has 1 aromatic carbocycles.